The summed E-state index contributed by atoms with van der Waals surface area (Å²) in [4.78, 5) is 34.4. The zero-order valence-corrected chi connectivity index (χ0v) is 28.0. The predicted octanol–water partition coefficient (Wildman–Crippen LogP) is 6.01. The molecule has 0 aliphatic rings. The lowest BCUT2D eigenvalue weighted by Crippen LogP contribution is -2.15. The number of methoxy groups -OCH3 is 2. The van der Waals surface area contributed by atoms with E-state index in [4.69, 9.17) is 26.7 Å². The Morgan fingerprint density at radius 3 is 1.63 bits per heavy atom. The summed E-state index contributed by atoms with van der Waals surface area (Å²) in [6, 6.07) is 28.6. The van der Waals surface area contributed by atoms with Gasteiger partial charge in [-0.25, -0.2) is 0 Å². The van der Waals surface area contributed by atoms with Crippen molar-refractivity contribution in [2.45, 2.75) is 33.4 Å². The molecule has 0 aliphatic carbocycles. The number of allylic oxidation sites excluding steroid dienone is 1. The molecule has 2 amide bonds. The molecular weight excluding hydrogens is 626 g/mol. The van der Waals surface area contributed by atoms with Crippen molar-refractivity contribution in [3.63, 3.8) is 0 Å². The first-order valence-corrected chi connectivity index (χ1v) is 15.0. The highest BCUT2D eigenvalue weighted by Gasteiger charge is 2.15. The molecule has 4 aromatic rings. The van der Waals surface area contributed by atoms with Gasteiger partial charge < -0.3 is 42.4 Å². The fourth-order valence-corrected chi connectivity index (χ4v) is 3.84. The van der Waals surface area contributed by atoms with Crippen LogP contribution in [0.15, 0.2) is 119 Å². The summed E-state index contributed by atoms with van der Waals surface area (Å²) in [5.41, 5.74) is 20.6. The number of benzene rings is 4. The van der Waals surface area contributed by atoms with Crippen LogP contribution in [-0.2, 0) is 27.5 Å². The van der Waals surface area contributed by atoms with E-state index in [9.17, 15) is 19.5 Å². The Balaban J connectivity index is 0.000000292. The number of nitrogens with two attached hydrogens (primary N) is 3. The van der Waals surface area contributed by atoms with E-state index in [-0.39, 0.29) is 29.6 Å². The highest BCUT2D eigenvalue weighted by Crippen LogP contribution is 2.25. The molecule has 0 unspecified atom stereocenters. The summed E-state index contributed by atoms with van der Waals surface area (Å²) in [7, 11) is 3.03. The number of anilines is 3. The van der Waals surface area contributed by atoms with Gasteiger partial charge in [0, 0.05) is 18.8 Å². The molecule has 9 N–H and O–H groups in total. The number of ether oxygens (including phenoxy) is 2. The molecule has 0 fully saturated rings. The molecule has 0 saturated heterocycles. The Morgan fingerprint density at radius 2 is 1.18 bits per heavy atom. The van der Waals surface area contributed by atoms with Gasteiger partial charge in [-0.3, -0.25) is 14.4 Å². The predicted molar refractivity (Wildman–Crippen MR) is 191 cm³/mol. The lowest BCUT2D eigenvalue weighted by atomic mass is 10.2. The molecule has 49 heavy (non-hydrogen) atoms. The molecule has 4 rings (SSSR count). The van der Waals surface area contributed by atoms with Gasteiger partial charge in [0.1, 0.15) is 23.0 Å². The van der Waals surface area contributed by atoms with Crippen molar-refractivity contribution in [3.8, 4) is 11.5 Å². The molecule has 0 aliphatic heterocycles. The molecule has 0 saturated carbocycles. The molecule has 0 atom stereocenters. The van der Waals surface area contributed by atoms with Crippen molar-refractivity contribution in [2.75, 3.05) is 30.6 Å². The topological polar surface area (TPSA) is 217 Å². The second-order valence-corrected chi connectivity index (χ2v) is 10.2. The molecule has 0 heterocycles. The van der Waals surface area contributed by atoms with Crippen LogP contribution in [0.25, 0.3) is 0 Å². The van der Waals surface area contributed by atoms with Crippen LogP contribution >= 0.6 is 0 Å². The van der Waals surface area contributed by atoms with E-state index in [0.717, 1.165) is 16.8 Å². The molecule has 4 aromatic carbocycles. The SMILES string of the molecule is COc1ccccc1NC(=O)C(N=Nc1ccc(CN)cc1)=C(C)O.COc1ccccc1NC(=O)CC(C)=O.NCc1ccc(N)cc1. The summed E-state index contributed by atoms with van der Waals surface area (Å²) in [5, 5.41) is 22.9. The van der Waals surface area contributed by atoms with Gasteiger partial charge in [-0.15, -0.1) is 5.11 Å². The average Bonchev–Trinajstić information content (AvgIpc) is 3.09. The molecular formula is C36H43N7O6. The average molecular weight is 670 g/mol. The number of nitrogens with zero attached hydrogens (tertiary/aromatic N) is 2. The van der Waals surface area contributed by atoms with Crippen molar-refractivity contribution in [2.24, 2.45) is 21.7 Å². The lowest BCUT2D eigenvalue weighted by molar-refractivity contribution is -0.124. The zero-order chi connectivity index (χ0) is 36.2. The maximum Gasteiger partial charge on any atom is 0.279 e. The monoisotopic (exact) mass is 669 g/mol. The number of hydrogen-bond donors (Lipinski definition) is 6. The largest absolute Gasteiger partial charge is 0.510 e. The third kappa shape index (κ3) is 14.1. The van der Waals surface area contributed by atoms with Crippen molar-refractivity contribution in [3.05, 3.63) is 120 Å². The number of Topliss-reactive ketones (excluding diaryl/α,β-unsaturated/α-hetero) is 1. The zero-order valence-electron chi connectivity index (χ0n) is 28.0. The number of ketones is 1. The second-order valence-electron chi connectivity index (χ2n) is 10.2. The van der Waals surface area contributed by atoms with Crippen LogP contribution in [0.5, 0.6) is 11.5 Å². The fourth-order valence-electron chi connectivity index (χ4n) is 3.84. The quantitative estimate of drug-likeness (QED) is 0.0362. The van der Waals surface area contributed by atoms with Gasteiger partial charge in [-0.1, -0.05) is 48.5 Å². The maximum atomic E-state index is 12.4. The summed E-state index contributed by atoms with van der Waals surface area (Å²) < 4.78 is 10.2. The Kier molecular flexibility index (Phi) is 16.7. The van der Waals surface area contributed by atoms with Gasteiger partial charge >= 0.3 is 0 Å². The Labute approximate surface area is 285 Å². The van der Waals surface area contributed by atoms with Gasteiger partial charge in [0.2, 0.25) is 5.91 Å². The van der Waals surface area contributed by atoms with E-state index >= 15 is 0 Å². The van der Waals surface area contributed by atoms with Crippen molar-refractivity contribution >= 4 is 40.3 Å². The molecule has 0 bridgehead atoms. The molecule has 0 spiro atoms. The molecule has 0 aromatic heterocycles. The van der Waals surface area contributed by atoms with Crippen LogP contribution in [0, 0.1) is 0 Å². The third-order valence-corrected chi connectivity index (χ3v) is 6.36. The Hall–Kier alpha value is -6.05. The van der Waals surface area contributed by atoms with Crippen molar-refractivity contribution in [1.82, 2.24) is 0 Å². The normalized spacial score (nSPS) is 10.7. The fraction of sp³-hybridized carbons (Fsp3) is 0.194. The summed E-state index contributed by atoms with van der Waals surface area (Å²) in [6.07, 6.45) is -0.113. The van der Waals surface area contributed by atoms with E-state index in [1.54, 1.807) is 60.7 Å². The van der Waals surface area contributed by atoms with Gasteiger partial charge in [-0.2, -0.15) is 5.11 Å². The van der Waals surface area contributed by atoms with Gasteiger partial charge in [0.15, 0.2) is 5.70 Å². The van der Waals surface area contributed by atoms with Crippen LogP contribution in [-0.4, -0.2) is 36.9 Å². The minimum Gasteiger partial charge on any atom is -0.510 e. The summed E-state index contributed by atoms with van der Waals surface area (Å²) in [5.74, 6) is -0.245. The summed E-state index contributed by atoms with van der Waals surface area (Å²) in [6.45, 7) is 3.76. The number of hydrogen-bond acceptors (Lipinski definition) is 11. The van der Waals surface area contributed by atoms with Crippen LogP contribution in [0.1, 0.15) is 31.4 Å². The van der Waals surface area contributed by atoms with Crippen molar-refractivity contribution < 1.29 is 29.0 Å². The number of amides is 2. The van der Waals surface area contributed by atoms with Gasteiger partial charge in [-0.05, 0) is 73.5 Å². The molecule has 13 nitrogen and oxygen atoms in total. The minimum absolute atomic E-state index is 0.113. The van der Waals surface area contributed by atoms with Crippen LogP contribution in [0.2, 0.25) is 0 Å². The summed E-state index contributed by atoms with van der Waals surface area (Å²) >= 11 is 0. The maximum absolute atomic E-state index is 12.4. The van der Waals surface area contributed by atoms with E-state index in [1.165, 1.54) is 28.1 Å². The Bertz CT molecular complexity index is 1720. The molecule has 0 radical (unpaired) electrons. The minimum atomic E-state index is -0.591. The first-order chi connectivity index (χ1) is 23.5. The van der Waals surface area contributed by atoms with E-state index in [0.29, 0.717) is 41.7 Å². The van der Waals surface area contributed by atoms with Crippen LogP contribution in [0.4, 0.5) is 22.7 Å². The second kappa shape index (κ2) is 20.9. The van der Waals surface area contributed by atoms with Crippen LogP contribution < -0.4 is 37.3 Å². The lowest BCUT2D eigenvalue weighted by Gasteiger charge is -2.09. The highest BCUT2D eigenvalue weighted by molar-refractivity contribution is 6.05. The number of nitrogen functional groups attached to an aromatic ring is 1. The highest BCUT2D eigenvalue weighted by atomic mass is 16.5. The van der Waals surface area contributed by atoms with Gasteiger partial charge in [0.05, 0.1) is 37.7 Å². The first kappa shape index (κ1) is 39.1. The van der Waals surface area contributed by atoms with Crippen molar-refractivity contribution in [1.29, 1.82) is 0 Å². The number of rotatable bonds is 11. The molecule has 258 valence electrons. The Morgan fingerprint density at radius 1 is 0.714 bits per heavy atom. The van der Waals surface area contributed by atoms with E-state index in [2.05, 4.69) is 20.9 Å². The van der Waals surface area contributed by atoms with Crippen LogP contribution in [0.3, 0.4) is 0 Å². The number of carbonyl (C=O) groups is 3. The number of carbonyl (C=O) groups excluding carboxylic acids is 3. The number of nitrogens with one attached hydrogen (secondary N) is 2. The third-order valence-electron chi connectivity index (χ3n) is 6.36. The van der Waals surface area contributed by atoms with E-state index in [1.807, 2.05) is 36.4 Å². The number of para-hydroxylation sites is 4. The standard InChI is InChI=1S/C18H20N4O3.C11H13NO3.C7H10N2/c1-12(23)17(22-21-14-9-7-13(11-19)8-10-14)18(24)20-15-5-3-4-6-16(15)25-2;1-8(13)7-11(14)12-9-5-3-4-6-10(9)15-2;8-5-6-1-3-7(9)4-2-6/h3-10,23H,11,19H2,1-2H3,(H,20,24);3-6H,7H2,1-2H3,(H,12,14);1-4H,5,8-9H2. The molecule has 13 heteroatoms. The number of aliphatic hydroxyl groups excluding tert-OH is 1. The number of aliphatic hydroxyl groups is 1. The van der Waals surface area contributed by atoms with Gasteiger partial charge in [0.25, 0.3) is 5.91 Å². The van der Waals surface area contributed by atoms with E-state index < -0.39 is 5.91 Å². The smallest absolute Gasteiger partial charge is 0.279 e. The first-order valence-electron chi connectivity index (χ1n) is 15.0. The number of azo groups is 1.